The van der Waals surface area contributed by atoms with E-state index in [2.05, 4.69) is 0 Å². The highest BCUT2D eigenvalue weighted by molar-refractivity contribution is 7.89. The van der Waals surface area contributed by atoms with E-state index in [1.54, 1.807) is 12.1 Å². The first kappa shape index (κ1) is 14.6. The minimum Gasteiger partial charge on any atom is -0.486 e. The summed E-state index contributed by atoms with van der Waals surface area (Å²) < 4.78 is 37.8. The molecule has 0 saturated carbocycles. The number of sulfonamides is 1. The summed E-state index contributed by atoms with van der Waals surface area (Å²) >= 11 is 0. The van der Waals surface area contributed by atoms with Gasteiger partial charge < -0.3 is 15.2 Å². The lowest BCUT2D eigenvalue weighted by Crippen LogP contribution is -2.52. The number of piperidine rings is 1. The molecule has 6 nitrogen and oxygen atoms in total. The minimum absolute atomic E-state index is 0.158. The van der Waals surface area contributed by atoms with Gasteiger partial charge in [-0.25, -0.2) is 8.42 Å². The van der Waals surface area contributed by atoms with Crippen molar-refractivity contribution < 1.29 is 17.9 Å². The topological polar surface area (TPSA) is 81.9 Å². The van der Waals surface area contributed by atoms with Crippen LogP contribution >= 0.6 is 0 Å². The van der Waals surface area contributed by atoms with Gasteiger partial charge in [-0.2, -0.15) is 4.31 Å². The lowest BCUT2D eigenvalue weighted by Gasteiger charge is -2.36. The molecule has 1 aromatic rings. The van der Waals surface area contributed by atoms with Crippen molar-refractivity contribution in [3.63, 3.8) is 0 Å². The molecule has 0 aliphatic carbocycles. The summed E-state index contributed by atoms with van der Waals surface area (Å²) in [5.41, 5.74) is 6.07. The lowest BCUT2D eigenvalue weighted by molar-refractivity contribution is 0.170. The fourth-order valence-electron chi connectivity index (χ4n) is 2.77. The van der Waals surface area contributed by atoms with Gasteiger partial charge in [-0.1, -0.05) is 6.92 Å². The van der Waals surface area contributed by atoms with E-state index in [4.69, 9.17) is 15.2 Å². The zero-order valence-corrected chi connectivity index (χ0v) is 12.8. The molecule has 116 valence electrons. The van der Waals surface area contributed by atoms with Crippen LogP contribution < -0.4 is 15.2 Å². The van der Waals surface area contributed by atoms with E-state index in [0.29, 0.717) is 31.3 Å². The molecule has 2 heterocycles. The van der Waals surface area contributed by atoms with Crippen LogP contribution in [0.4, 0.5) is 0 Å². The highest BCUT2D eigenvalue weighted by Crippen LogP contribution is 2.34. The standard InChI is InChI=1S/C14H20N2O4S/c1-10-3-2-6-16(14(10)15)21(17,18)11-4-5-12-13(9-11)20-8-7-19-12/h4-5,9-10,14H,2-3,6-8,15H2,1H3. The molecule has 7 heteroatoms. The average Bonchev–Trinajstić information content (AvgIpc) is 2.49. The van der Waals surface area contributed by atoms with Gasteiger partial charge in [0.2, 0.25) is 10.0 Å². The molecular weight excluding hydrogens is 292 g/mol. The van der Waals surface area contributed by atoms with Crippen molar-refractivity contribution in [2.75, 3.05) is 19.8 Å². The second-order valence-corrected chi connectivity index (χ2v) is 7.42. The number of hydrogen-bond acceptors (Lipinski definition) is 5. The van der Waals surface area contributed by atoms with Gasteiger partial charge in [0.25, 0.3) is 0 Å². The Labute approximate surface area is 124 Å². The van der Waals surface area contributed by atoms with Gasteiger partial charge >= 0.3 is 0 Å². The highest BCUT2D eigenvalue weighted by atomic mass is 32.2. The predicted molar refractivity (Wildman–Crippen MR) is 77.7 cm³/mol. The molecule has 2 unspecified atom stereocenters. The van der Waals surface area contributed by atoms with Gasteiger partial charge in [0.1, 0.15) is 13.2 Å². The Hall–Kier alpha value is -1.31. The molecule has 21 heavy (non-hydrogen) atoms. The summed E-state index contributed by atoms with van der Waals surface area (Å²) in [6.45, 7) is 3.35. The minimum atomic E-state index is -3.60. The number of benzene rings is 1. The maximum Gasteiger partial charge on any atom is 0.244 e. The summed E-state index contributed by atoms with van der Waals surface area (Å²) in [6.07, 6.45) is 1.31. The predicted octanol–water partition coefficient (Wildman–Crippen LogP) is 1.16. The number of rotatable bonds is 2. The smallest absolute Gasteiger partial charge is 0.244 e. The fourth-order valence-corrected chi connectivity index (χ4v) is 4.44. The van der Waals surface area contributed by atoms with Crippen molar-refractivity contribution in [1.82, 2.24) is 4.31 Å². The Kier molecular flexibility index (Phi) is 3.81. The zero-order valence-electron chi connectivity index (χ0n) is 12.0. The number of ether oxygens (including phenoxy) is 2. The third-order valence-electron chi connectivity index (χ3n) is 4.07. The number of fused-ring (bicyclic) bond motifs is 1. The first-order valence-corrected chi connectivity index (χ1v) is 8.61. The van der Waals surface area contributed by atoms with Gasteiger partial charge in [-0.3, -0.25) is 0 Å². The van der Waals surface area contributed by atoms with Gasteiger partial charge in [-0.05, 0) is 30.9 Å². The van der Waals surface area contributed by atoms with E-state index in [1.807, 2.05) is 6.92 Å². The molecule has 1 fully saturated rings. The van der Waals surface area contributed by atoms with Crippen molar-refractivity contribution in [3.05, 3.63) is 18.2 Å². The normalized spacial score (nSPS) is 26.6. The Bertz CT molecular complexity index is 632. The third kappa shape index (κ3) is 2.61. The van der Waals surface area contributed by atoms with Crippen LogP contribution in [0.2, 0.25) is 0 Å². The average molecular weight is 312 g/mol. The SMILES string of the molecule is CC1CCCN(S(=O)(=O)c2ccc3c(c2)OCCO3)C1N. The number of nitrogens with zero attached hydrogens (tertiary/aromatic N) is 1. The molecule has 2 aliphatic heterocycles. The molecule has 0 bridgehead atoms. The van der Waals surface area contributed by atoms with Crippen molar-refractivity contribution >= 4 is 10.0 Å². The van der Waals surface area contributed by atoms with Gasteiger partial charge in [0.15, 0.2) is 11.5 Å². The van der Waals surface area contributed by atoms with Gasteiger partial charge in [0.05, 0.1) is 11.1 Å². The van der Waals surface area contributed by atoms with E-state index in [-0.39, 0.29) is 10.8 Å². The van der Waals surface area contributed by atoms with E-state index in [1.165, 1.54) is 10.4 Å². The first-order chi connectivity index (χ1) is 10.00. The maximum atomic E-state index is 12.8. The lowest BCUT2D eigenvalue weighted by atomic mass is 9.99. The first-order valence-electron chi connectivity index (χ1n) is 7.17. The second-order valence-electron chi connectivity index (χ2n) is 5.53. The van der Waals surface area contributed by atoms with Crippen LogP contribution in [0.25, 0.3) is 0 Å². The van der Waals surface area contributed by atoms with Crippen LogP contribution in [0.3, 0.4) is 0 Å². The van der Waals surface area contributed by atoms with Crippen molar-refractivity contribution in [2.45, 2.75) is 30.8 Å². The summed E-state index contributed by atoms with van der Waals surface area (Å²) in [5.74, 6) is 1.21. The van der Waals surface area contributed by atoms with E-state index in [0.717, 1.165) is 12.8 Å². The van der Waals surface area contributed by atoms with Crippen LogP contribution in [0.5, 0.6) is 11.5 Å². The zero-order chi connectivity index (χ0) is 15.0. The molecule has 0 spiro atoms. The molecular formula is C14H20N2O4S. The maximum absolute atomic E-state index is 12.8. The van der Waals surface area contributed by atoms with Crippen LogP contribution in [0, 0.1) is 5.92 Å². The summed E-state index contributed by atoms with van der Waals surface area (Å²) in [6, 6.07) is 4.71. The summed E-state index contributed by atoms with van der Waals surface area (Å²) in [4.78, 5) is 0.205. The highest BCUT2D eigenvalue weighted by Gasteiger charge is 2.35. The Balaban J connectivity index is 1.94. The van der Waals surface area contributed by atoms with Crippen molar-refractivity contribution in [1.29, 1.82) is 0 Å². The van der Waals surface area contributed by atoms with E-state index >= 15 is 0 Å². The fraction of sp³-hybridized carbons (Fsp3) is 0.571. The van der Waals surface area contributed by atoms with Crippen LogP contribution in [0.15, 0.2) is 23.1 Å². The monoisotopic (exact) mass is 312 g/mol. The van der Waals surface area contributed by atoms with Crippen LogP contribution in [0.1, 0.15) is 19.8 Å². The molecule has 1 aromatic carbocycles. The van der Waals surface area contributed by atoms with E-state index < -0.39 is 16.2 Å². The largest absolute Gasteiger partial charge is 0.486 e. The quantitative estimate of drug-likeness (QED) is 0.886. The van der Waals surface area contributed by atoms with Gasteiger partial charge in [-0.15, -0.1) is 0 Å². The molecule has 1 saturated heterocycles. The van der Waals surface area contributed by atoms with Crippen molar-refractivity contribution in [3.8, 4) is 11.5 Å². The van der Waals surface area contributed by atoms with Gasteiger partial charge in [0, 0.05) is 12.6 Å². The Morgan fingerprint density at radius 3 is 2.71 bits per heavy atom. The molecule has 0 aromatic heterocycles. The summed E-state index contributed by atoms with van der Waals surface area (Å²) in [7, 11) is -3.60. The molecule has 2 N–H and O–H groups in total. The Morgan fingerprint density at radius 2 is 1.95 bits per heavy atom. The molecule has 0 radical (unpaired) electrons. The number of hydrogen-bond donors (Lipinski definition) is 1. The number of nitrogens with two attached hydrogens (primary N) is 1. The summed E-state index contributed by atoms with van der Waals surface area (Å²) in [5, 5.41) is 0. The van der Waals surface area contributed by atoms with Crippen molar-refractivity contribution in [2.24, 2.45) is 11.7 Å². The Morgan fingerprint density at radius 1 is 1.24 bits per heavy atom. The third-order valence-corrected chi connectivity index (χ3v) is 5.97. The molecule has 2 atom stereocenters. The molecule has 2 aliphatic rings. The van der Waals surface area contributed by atoms with Crippen LogP contribution in [-0.4, -0.2) is 38.6 Å². The van der Waals surface area contributed by atoms with E-state index in [9.17, 15) is 8.42 Å². The second kappa shape index (κ2) is 5.47. The molecule has 0 amide bonds. The molecule has 3 rings (SSSR count). The van der Waals surface area contributed by atoms with Crippen LogP contribution in [-0.2, 0) is 10.0 Å².